The third-order valence-corrected chi connectivity index (χ3v) is 3.11. The molecule has 3 rings (SSSR count). The van der Waals surface area contributed by atoms with Crippen LogP contribution in [-0.4, -0.2) is 9.97 Å². The molecule has 0 fully saturated rings. The molecule has 96 valence electrons. The van der Waals surface area contributed by atoms with E-state index >= 15 is 0 Å². The van der Waals surface area contributed by atoms with Crippen LogP contribution in [0.1, 0.15) is 11.1 Å². The zero-order valence-corrected chi connectivity index (χ0v) is 10.7. The average molecular weight is 260 g/mol. The summed E-state index contributed by atoms with van der Waals surface area (Å²) >= 11 is 0. The minimum Gasteiger partial charge on any atom is -0.399 e. The fourth-order valence-corrected chi connectivity index (χ4v) is 2.16. The van der Waals surface area contributed by atoms with Crippen LogP contribution in [0.25, 0.3) is 22.6 Å². The molecule has 1 aromatic carbocycles. The van der Waals surface area contributed by atoms with Gasteiger partial charge in [0.25, 0.3) is 0 Å². The Bertz CT molecular complexity index is 823. The summed E-state index contributed by atoms with van der Waals surface area (Å²) in [5.74, 6) is 0. The van der Waals surface area contributed by atoms with Gasteiger partial charge in [-0.1, -0.05) is 6.07 Å². The van der Waals surface area contributed by atoms with Gasteiger partial charge in [0.1, 0.15) is 0 Å². The fourth-order valence-electron chi connectivity index (χ4n) is 2.16. The molecule has 3 aromatic rings. The fraction of sp³-hybridized carbons (Fsp3) is 0. The van der Waals surface area contributed by atoms with E-state index in [1.54, 1.807) is 12.4 Å². The van der Waals surface area contributed by atoms with Gasteiger partial charge in [0.15, 0.2) is 0 Å². The van der Waals surface area contributed by atoms with E-state index in [0.29, 0.717) is 11.3 Å². The number of nitrogens with one attached hydrogen (secondary N) is 1. The molecule has 0 aliphatic rings. The minimum atomic E-state index is 0.579. The van der Waals surface area contributed by atoms with E-state index in [2.05, 4.69) is 16.0 Å². The highest BCUT2D eigenvalue weighted by Gasteiger charge is 2.08. The summed E-state index contributed by atoms with van der Waals surface area (Å²) < 4.78 is 0. The van der Waals surface area contributed by atoms with E-state index in [0.717, 1.165) is 22.0 Å². The smallest absolute Gasteiger partial charge is 0.0998 e. The lowest BCUT2D eigenvalue weighted by Crippen LogP contribution is -1.85. The molecule has 2 aromatic heterocycles. The molecule has 0 aliphatic carbocycles. The molecule has 0 atom stereocenters. The molecule has 0 bridgehead atoms. The maximum absolute atomic E-state index is 9.40. The number of fused-ring (bicyclic) bond motifs is 1. The van der Waals surface area contributed by atoms with Crippen molar-refractivity contribution in [1.82, 2.24) is 9.97 Å². The second-order valence-corrected chi connectivity index (χ2v) is 4.46. The van der Waals surface area contributed by atoms with Crippen molar-refractivity contribution < 1.29 is 0 Å². The Morgan fingerprint density at radius 3 is 3.00 bits per heavy atom. The number of rotatable bonds is 2. The highest BCUT2D eigenvalue weighted by molar-refractivity contribution is 6.01. The maximum atomic E-state index is 9.40. The van der Waals surface area contributed by atoms with Gasteiger partial charge in [-0.25, -0.2) is 0 Å². The minimum absolute atomic E-state index is 0.579. The summed E-state index contributed by atoms with van der Waals surface area (Å²) in [7, 11) is 0. The first-order chi connectivity index (χ1) is 9.78. The van der Waals surface area contributed by atoms with Crippen molar-refractivity contribution >= 4 is 28.2 Å². The molecule has 20 heavy (non-hydrogen) atoms. The number of H-pyrrole nitrogens is 1. The molecule has 2 heterocycles. The van der Waals surface area contributed by atoms with Gasteiger partial charge in [-0.05, 0) is 35.9 Å². The summed E-state index contributed by atoms with van der Waals surface area (Å²) in [5.41, 5.74) is 9.77. The first-order valence-electron chi connectivity index (χ1n) is 6.17. The Labute approximate surface area is 116 Å². The largest absolute Gasteiger partial charge is 0.399 e. The van der Waals surface area contributed by atoms with Crippen molar-refractivity contribution in [2.75, 3.05) is 5.73 Å². The van der Waals surface area contributed by atoms with Crippen molar-refractivity contribution in [2.24, 2.45) is 0 Å². The Morgan fingerprint density at radius 1 is 1.35 bits per heavy atom. The van der Waals surface area contributed by atoms with Gasteiger partial charge in [0.2, 0.25) is 0 Å². The van der Waals surface area contributed by atoms with Crippen molar-refractivity contribution in [3.63, 3.8) is 0 Å². The number of allylic oxidation sites excluding steroid dienone is 1. The number of nitrogen functional groups attached to an aromatic ring is 1. The molecule has 0 radical (unpaired) electrons. The highest BCUT2D eigenvalue weighted by Crippen LogP contribution is 2.27. The van der Waals surface area contributed by atoms with Gasteiger partial charge < -0.3 is 10.7 Å². The predicted octanol–water partition coefficient (Wildman–Crippen LogP) is 3.21. The maximum Gasteiger partial charge on any atom is 0.0998 e. The molecule has 0 aliphatic heterocycles. The number of aromatic amines is 1. The molecule has 0 spiro atoms. The predicted molar refractivity (Wildman–Crippen MR) is 80.4 cm³/mol. The van der Waals surface area contributed by atoms with Crippen LogP contribution in [0.5, 0.6) is 0 Å². The zero-order chi connectivity index (χ0) is 13.9. The number of nitrogens with zero attached hydrogens (tertiary/aromatic N) is 2. The molecule has 0 saturated heterocycles. The second-order valence-electron chi connectivity index (χ2n) is 4.46. The Morgan fingerprint density at radius 2 is 2.25 bits per heavy atom. The summed E-state index contributed by atoms with van der Waals surface area (Å²) in [4.78, 5) is 7.20. The monoisotopic (exact) mass is 260 g/mol. The van der Waals surface area contributed by atoms with Crippen LogP contribution in [0.15, 0.2) is 48.9 Å². The van der Waals surface area contributed by atoms with Crippen LogP contribution in [0.2, 0.25) is 0 Å². The zero-order valence-electron chi connectivity index (χ0n) is 10.7. The van der Waals surface area contributed by atoms with Crippen LogP contribution in [0.4, 0.5) is 5.69 Å². The van der Waals surface area contributed by atoms with E-state index < -0.39 is 0 Å². The first-order valence-corrected chi connectivity index (χ1v) is 6.17. The molecule has 3 N–H and O–H groups in total. The quantitative estimate of drug-likeness (QED) is 0.548. The number of aromatic nitrogens is 2. The highest BCUT2D eigenvalue weighted by atomic mass is 14.7. The average Bonchev–Trinajstić information content (AvgIpc) is 2.89. The molecular weight excluding hydrogens is 248 g/mol. The van der Waals surface area contributed by atoms with E-state index in [4.69, 9.17) is 5.73 Å². The van der Waals surface area contributed by atoms with Gasteiger partial charge >= 0.3 is 0 Å². The Hall–Kier alpha value is -3.06. The van der Waals surface area contributed by atoms with Gasteiger partial charge in [-0.2, -0.15) is 5.26 Å². The van der Waals surface area contributed by atoms with Crippen molar-refractivity contribution in [3.8, 4) is 6.07 Å². The third kappa shape index (κ3) is 2.13. The molecule has 4 nitrogen and oxygen atoms in total. The van der Waals surface area contributed by atoms with Gasteiger partial charge in [0.05, 0.1) is 11.6 Å². The van der Waals surface area contributed by atoms with Gasteiger partial charge in [-0.3, -0.25) is 4.98 Å². The Balaban J connectivity index is 2.16. The first kappa shape index (κ1) is 12.0. The number of hydrogen-bond acceptors (Lipinski definition) is 3. The third-order valence-electron chi connectivity index (χ3n) is 3.11. The van der Waals surface area contributed by atoms with Gasteiger partial charge in [-0.15, -0.1) is 0 Å². The number of nitriles is 1. The van der Waals surface area contributed by atoms with E-state index in [1.807, 2.05) is 42.6 Å². The lowest BCUT2D eigenvalue weighted by Gasteiger charge is -1.99. The summed E-state index contributed by atoms with van der Waals surface area (Å²) in [5, 5.41) is 10.4. The van der Waals surface area contributed by atoms with E-state index in [1.165, 1.54) is 0 Å². The van der Waals surface area contributed by atoms with E-state index in [-0.39, 0.29) is 0 Å². The molecule has 0 saturated carbocycles. The normalized spacial score (nSPS) is 11.4. The van der Waals surface area contributed by atoms with Crippen molar-refractivity contribution in [2.45, 2.75) is 0 Å². The van der Waals surface area contributed by atoms with E-state index in [9.17, 15) is 5.26 Å². The second kappa shape index (κ2) is 4.90. The topological polar surface area (TPSA) is 78.5 Å². The number of anilines is 1. The van der Waals surface area contributed by atoms with Crippen LogP contribution >= 0.6 is 0 Å². The lowest BCUT2D eigenvalue weighted by molar-refractivity contribution is 1.32. The molecule has 4 heteroatoms. The molecule has 0 unspecified atom stereocenters. The summed E-state index contributed by atoms with van der Waals surface area (Å²) in [6, 6.07) is 11.6. The molecular formula is C16H12N4. The van der Waals surface area contributed by atoms with Crippen LogP contribution < -0.4 is 5.73 Å². The van der Waals surface area contributed by atoms with Gasteiger partial charge in [0, 0.05) is 40.7 Å². The number of benzene rings is 1. The van der Waals surface area contributed by atoms with Crippen molar-refractivity contribution in [3.05, 3.63) is 60.0 Å². The molecule has 0 amide bonds. The van der Waals surface area contributed by atoms with Crippen LogP contribution in [-0.2, 0) is 0 Å². The van der Waals surface area contributed by atoms with Crippen molar-refractivity contribution in [1.29, 1.82) is 5.26 Å². The SMILES string of the molecule is N#CC(=Cc1cccnc1)c1c[nH]c2ccc(N)cc12. The summed E-state index contributed by atoms with van der Waals surface area (Å²) in [6.07, 6.45) is 7.07. The standard InChI is InChI=1S/C16H12N4/c17-8-12(6-11-2-1-5-19-9-11)15-10-20-16-4-3-13(18)7-14(15)16/h1-7,9-10,20H,18H2. The Kier molecular flexibility index (Phi) is 2.94. The number of pyridine rings is 1. The van der Waals surface area contributed by atoms with Crippen LogP contribution in [0.3, 0.4) is 0 Å². The summed E-state index contributed by atoms with van der Waals surface area (Å²) in [6.45, 7) is 0. The number of hydrogen-bond donors (Lipinski definition) is 2. The number of nitrogens with two attached hydrogens (primary N) is 1. The lowest BCUT2D eigenvalue weighted by atomic mass is 10.0. The van der Waals surface area contributed by atoms with Crippen LogP contribution in [0, 0.1) is 11.3 Å².